The van der Waals surface area contributed by atoms with Crippen molar-refractivity contribution >= 4 is 16.7 Å². The minimum atomic E-state index is -4.59. The molecule has 0 fully saturated rings. The van der Waals surface area contributed by atoms with Crippen LogP contribution in [0.2, 0.25) is 0 Å². The summed E-state index contributed by atoms with van der Waals surface area (Å²) in [7, 11) is 3.48. The lowest BCUT2D eigenvalue weighted by molar-refractivity contribution is -0.144. The summed E-state index contributed by atoms with van der Waals surface area (Å²) in [6.45, 7) is 0.395. The molecule has 3 rings (SSSR count). The van der Waals surface area contributed by atoms with Crippen molar-refractivity contribution in [1.82, 2.24) is 19.7 Å². The molecule has 0 saturated carbocycles. The van der Waals surface area contributed by atoms with Gasteiger partial charge in [0.25, 0.3) is 0 Å². The van der Waals surface area contributed by atoms with E-state index >= 15 is 0 Å². The van der Waals surface area contributed by atoms with Crippen molar-refractivity contribution in [3.63, 3.8) is 0 Å². The van der Waals surface area contributed by atoms with Gasteiger partial charge in [0, 0.05) is 37.8 Å². The number of aromatic nitrogens is 4. The van der Waals surface area contributed by atoms with E-state index < -0.39 is 12.0 Å². The van der Waals surface area contributed by atoms with Crippen LogP contribution in [0.4, 0.5) is 19.0 Å². The molecule has 0 bridgehead atoms. The van der Waals surface area contributed by atoms with Gasteiger partial charge in [-0.1, -0.05) is 12.1 Å². The number of anilines is 1. The van der Waals surface area contributed by atoms with Gasteiger partial charge in [0.05, 0.1) is 11.7 Å². The SMILES string of the molecule is CN(Cc1cnn(C)c1)c1nc(C(F)(F)F)nc2ccccc12. The lowest BCUT2D eigenvalue weighted by atomic mass is 10.2. The number of para-hydroxylation sites is 1. The maximum absolute atomic E-state index is 13.0. The van der Waals surface area contributed by atoms with Crippen LogP contribution in [0, 0.1) is 0 Å². The van der Waals surface area contributed by atoms with Gasteiger partial charge in [0.15, 0.2) is 0 Å². The summed E-state index contributed by atoms with van der Waals surface area (Å²) in [5.41, 5.74) is 1.15. The van der Waals surface area contributed by atoms with E-state index in [1.807, 2.05) is 6.20 Å². The summed E-state index contributed by atoms with van der Waals surface area (Å²) in [6.07, 6.45) is -1.11. The van der Waals surface area contributed by atoms with Crippen LogP contribution in [0.1, 0.15) is 11.4 Å². The highest BCUT2D eigenvalue weighted by Crippen LogP contribution is 2.31. The standard InChI is InChI=1S/C15H14F3N5/c1-22(8-10-7-19-23(2)9-10)13-11-5-3-4-6-12(11)20-14(21-13)15(16,17)18/h3-7,9H,8H2,1-2H3. The fourth-order valence-corrected chi connectivity index (χ4v) is 2.38. The first-order valence-electron chi connectivity index (χ1n) is 6.87. The van der Waals surface area contributed by atoms with Crippen LogP contribution in [-0.2, 0) is 19.8 Å². The molecule has 0 radical (unpaired) electrons. The van der Waals surface area contributed by atoms with Crippen molar-refractivity contribution in [3.8, 4) is 0 Å². The zero-order valence-corrected chi connectivity index (χ0v) is 12.5. The van der Waals surface area contributed by atoms with E-state index in [1.54, 1.807) is 54.1 Å². The smallest absolute Gasteiger partial charge is 0.355 e. The number of halogens is 3. The van der Waals surface area contributed by atoms with Crippen molar-refractivity contribution in [1.29, 1.82) is 0 Å². The summed E-state index contributed by atoms with van der Waals surface area (Å²) < 4.78 is 40.7. The van der Waals surface area contributed by atoms with Gasteiger partial charge in [-0.05, 0) is 12.1 Å². The van der Waals surface area contributed by atoms with Crippen LogP contribution < -0.4 is 4.90 Å². The van der Waals surface area contributed by atoms with Gasteiger partial charge in [0.1, 0.15) is 5.82 Å². The first kappa shape index (κ1) is 15.3. The molecule has 1 aromatic carbocycles. The molecule has 0 aliphatic heterocycles. The van der Waals surface area contributed by atoms with E-state index in [9.17, 15) is 13.2 Å². The van der Waals surface area contributed by atoms with Crippen molar-refractivity contribution in [2.24, 2.45) is 7.05 Å². The first-order chi connectivity index (χ1) is 10.8. The molecule has 0 unspecified atom stereocenters. The number of nitrogens with zero attached hydrogens (tertiary/aromatic N) is 5. The Bertz CT molecular complexity index is 840. The highest BCUT2D eigenvalue weighted by atomic mass is 19.4. The molecule has 0 amide bonds. The second kappa shape index (κ2) is 5.53. The lowest BCUT2D eigenvalue weighted by Crippen LogP contribution is -2.21. The van der Waals surface area contributed by atoms with Crippen LogP contribution in [0.15, 0.2) is 36.7 Å². The molecule has 0 spiro atoms. The van der Waals surface area contributed by atoms with E-state index in [4.69, 9.17) is 0 Å². The molecule has 0 saturated heterocycles. The Morgan fingerprint density at radius 2 is 1.91 bits per heavy atom. The van der Waals surface area contributed by atoms with Crippen LogP contribution in [0.5, 0.6) is 0 Å². The predicted octanol–water partition coefficient (Wildman–Crippen LogP) is 3.02. The Morgan fingerprint density at radius 1 is 1.17 bits per heavy atom. The Morgan fingerprint density at radius 3 is 2.57 bits per heavy atom. The highest BCUT2D eigenvalue weighted by molar-refractivity contribution is 5.89. The number of rotatable bonds is 3. The molecule has 5 nitrogen and oxygen atoms in total. The van der Waals surface area contributed by atoms with Crippen LogP contribution in [0.3, 0.4) is 0 Å². The number of alkyl halides is 3. The second-order valence-corrected chi connectivity index (χ2v) is 5.26. The van der Waals surface area contributed by atoms with E-state index in [2.05, 4.69) is 15.1 Å². The van der Waals surface area contributed by atoms with Gasteiger partial charge >= 0.3 is 6.18 Å². The predicted molar refractivity (Wildman–Crippen MR) is 79.9 cm³/mol. The van der Waals surface area contributed by atoms with Crippen molar-refractivity contribution in [2.45, 2.75) is 12.7 Å². The number of hydrogen-bond donors (Lipinski definition) is 0. The third kappa shape index (κ3) is 3.10. The molecule has 0 aliphatic rings. The molecule has 2 heterocycles. The number of hydrogen-bond acceptors (Lipinski definition) is 4. The molecular weight excluding hydrogens is 307 g/mol. The molecule has 2 aromatic heterocycles. The molecule has 3 aromatic rings. The average Bonchev–Trinajstić information content (AvgIpc) is 2.90. The zero-order valence-electron chi connectivity index (χ0n) is 12.5. The largest absolute Gasteiger partial charge is 0.451 e. The maximum atomic E-state index is 13.0. The normalized spacial score (nSPS) is 11.9. The molecule has 0 atom stereocenters. The van der Waals surface area contributed by atoms with Crippen molar-refractivity contribution < 1.29 is 13.2 Å². The van der Waals surface area contributed by atoms with Gasteiger partial charge in [-0.3, -0.25) is 4.68 Å². The number of aryl methyl sites for hydroxylation is 1. The second-order valence-electron chi connectivity index (χ2n) is 5.26. The Hall–Kier alpha value is -2.64. The van der Waals surface area contributed by atoms with Gasteiger partial charge in [0.2, 0.25) is 5.82 Å². The first-order valence-corrected chi connectivity index (χ1v) is 6.87. The van der Waals surface area contributed by atoms with Gasteiger partial charge in [-0.15, -0.1) is 0 Å². The molecule has 0 N–H and O–H groups in total. The molecule has 0 aliphatic carbocycles. The van der Waals surface area contributed by atoms with Gasteiger partial charge in [-0.2, -0.15) is 18.3 Å². The Balaban J connectivity index is 2.07. The van der Waals surface area contributed by atoms with E-state index in [1.165, 1.54) is 0 Å². The molecule has 23 heavy (non-hydrogen) atoms. The van der Waals surface area contributed by atoms with Crippen LogP contribution >= 0.6 is 0 Å². The summed E-state index contributed by atoms with van der Waals surface area (Å²) in [5, 5.41) is 4.64. The average molecular weight is 321 g/mol. The molecule has 8 heteroatoms. The minimum absolute atomic E-state index is 0.242. The Labute approximate surface area is 130 Å². The summed E-state index contributed by atoms with van der Waals surface area (Å²) in [4.78, 5) is 9.02. The lowest BCUT2D eigenvalue weighted by Gasteiger charge is -2.20. The fourth-order valence-electron chi connectivity index (χ4n) is 2.38. The zero-order chi connectivity index (χ0) is 16.6. The van der Waals surface area contributed by atoms with Crippen molar-refractivity contribution in [2.75, 3.05) is 11.9 Å². The fraction of sp³-hybridized carbons (Fsp3) is 0.267. The summed E-state index contributed by atoms with van der Waals surface area (Å²) in [5.74, 6) is -0.893. The van der Waals surface area contributed by atoms with E-state index in [-0.39, 0.29) is 11.3 Å². The highest BCUT2D eigenvalue weighted by Gasteiger charge is 2.35. The third-order valence-electron chi connectivity index (χ3n) is 3.38. The molecular formula is C15H14F3N5. The van der Waals surface area contributed by atoms with Crippen LogP contribution in [-0.4, -0.2) is 26.8 Å². The van der Waals surface area contributed by atoms with Crippen molar-refractivity contribution in [3.05, 3.63) is 48.0 Å². The van der Waals surface area contributed by atoms with E-state index in [0.29, 0.717) is 11.9 Å². The minimum Gasteiger partial charge on any atom is -0.355 e. The van der Waals surface area contributed by atoms with E-state index in [0.717, 1.165) is 5.56 Å². The third-order valence-corrected chi connectivity index (χ3v) is 3.38. The maximum Gasteiger partial charge on any atom is 0.451 e. The molecule has 120 valence electrons. The summed E-state index contributed by atoms with van der Waals surface area (Å²) >= 11 is 0. The van der Waals surface area contributed by atoms with Gasteiger partial charge in [-0.25, -0.2) is 9.97 Å². The Kier molecular flexibility index (Phi) is 3.67. The monoisotopic (exact) mass is 321 g/mol. The topological polar surface area (TPSA) is 46.8 Å². The number of fused-ring (bicyclic) bond motifs is 1. The van der Waals surface area contributed by atoms with Gasteiger partial charge < -0.3 is 4.90 Å². The number of benzene rings is 1. The quantitative estimate of drug-likeness (QED) is 0.744. The van der Waals surface area contributed by atoms with Crippen LogP contribution in [0.25, 0.3) is 10.9 Å². The summed E-state index contributed by atoms with van der Waals surface area (Å²) in [6, 6.07) is 6.67.